The first-order valence-corrected chi connectivity index (χ1v) is 6.73. The molecule has 0 heterocycles. The van der Waals surface area contributed by atoms with Gasteiger partial charge in [-0.05, 0) is 25.5 Å². The fourth-order valence-corrected chi connectivity index (χ4v) is 2.67. The third kappa shape index (κ3) is 2.62. The highest BCUT2D eigenvalue weighted by atomic mass is 35.5. The second-order valence-corrected chi connectivity index (χ2v) is 6.56. The Morgan fingerprint density at radius 1 is 1.45 bits per heavy atom. The molecule has 0 aromatic heterocycles. The summed E-state index contributed by atoms with van der Waals surface area (Å²) in [6.45, 7) is 1.26. The van der Waals surface area contributed by atoms with Gasteiger partial charge in [-0.2, -0.15) is 0 Å². The van der Waals surface area contributed by atoms with E-state index >= 15 is 0 Å². The Morgan fingerprint density at radius 2 is 1.95 bits per heavy atom. The number of halogens is 4. The number of hydrogen-bond acceptors (Lipinski definition) is 2. The van der Waals surface area contributed by atoms with Crippen molar-refractivity contribution in [2.45, 2.75) is 23.8 Å². The summed E-state index contributed by atoms with van der Waals surface area (Å²) >= 11 is 11.7. The van der Waals surface area contributed by atoms with Crippen LogP contribution in [0.15, 0.2) is 18.2 Å². The van der Waals surface area contributed by atoms with E-state index < -0.39 is 39.0 Å². The van der Waals surface area contributed by atoms with Crippen molar-refractivity contribution in [2.24, 2.45) is 5.41 Å². The summed E-state index contributed by atoms with van der Waals surface area (Å²) < 4.78 is 25.7. The van der Waals surface area contributed by atoms with Crippen molar-refractivity contribution in [2.75, 3.05) is 6.54 Å². The van der Waals surface area contributed by atoms with Gasteiger partial charge in [-0.1, -0.05) is 6.07 Å². The van der Waals surface area contributed by atoms with E-state index in [2.05, 4.69) is 5.32 Å². The molecule has 110 valence electrons. The summed E-state index contributed by atoms with van der Waals surface area (Å²) in [5, 5.41) is 12.2. The Balaban J connectivity index is 2.00. The van der Waals surface area contributed by atoms with Crippen LogP contribution in [0, 0.1) is 17.0 Å². The molecule has 1 saturated carbocycles. The summed E-state index contributed by atoms with van der Waals surface area (Å²) in [7, 11) is 0. The van der Waals surface area contributed by atoms with Gasteiger partial charge in [0.2, 0.25) is 5.91 Å². The maximum Gasteiger partial charge on any atom is 0.229 e. The van der Waals surface area contributed by atoms with Crippen LogP contribution in [0.3, 0.4) is 0 Å². The Hall–Kier alpha value is -0.910. The van der Waals surface area contributed by atoms with Crippen molar-refractivity contribution in [1.82, 2.24) is 5.32 Å². The van der Waals surface area contributed by atoms with E-state index in [1.807, 2.05) is 0 Å². The number of carbonyl (C=O) groups excluding carboxylic acids is 1. The Labute approximate surface area is 124 Å². The predicted octanol–water partition coefficient (Wildman–Crippen LogP) is 2.70. The minimum Gasteiger partial charge on any atom is -0.386 e. The minimum atomic E-state index is -1.48. The highest BCUT2D eigenvalue weighted by molar-refractivity contribution is 6.53. The number of carbonyl (C=O) groups is 1. The summed E-state index contributed by atoms with van der Waals surface area (Å²) in [5.74, 6) is -2.19. The van der Waals surface area contributed by atoms with Crippen molar-refractivity contribution in [1.29, 1.82) is 0 Å². The smallest absolute Gasteiger partial charge is 0.229 e. The number of amides is 1. The topological polar surface area (TPSA) is 49.3 Å². The number of rotatable bonds is 4. The van der Waals surface area contributed by atoms with Gasteiger partial charge < -0.3 is 10.4 Å². The molecule has 2 rings (SSSR count). The van der Waals surface area contributed by atoms with Crippen LogP contribution >= 0.6 is 23.2 Å². The fraction of sp³-hybridized carbons (Fsp3) is 0.462. The van der Waals surface area contributed by atoms with Crippen LogP contribution < -0.4 is 5.32 Å². The zero-order valence-electron chi connectivity index (χ0n) is 10.6. The quantitative estimate of drug-likeness (QED) is 0.837. The molecule has 20 heavy (non-hydrogen) atoms. The summed E-state index contributed by atoms with van der Waals surface area (Å²) in [6.07, 6.45) is -1.19. The molecule has 1 aromatic rings. The SMILES string of the molecule is CC1(C(=O)NCC(O)c2c(F)cccc2F)CC1(Cl)Cl. The number of aliphatic hydroxyl groups is 1. The molecule has 2 atom stereocenters. The molecule has 1 aromatic carbocycles. The Morgan fingerprint density at radius 3 is 2.40 bits per heavy atom. The lowest BCUT2D eigenvalue weighted by atomic mass is 10.1. The van der Waals surface area contributed by atoms with E-state index in [9.17, 15) is 18.7 Å². The van der Waals surface area contributed by atoms with Crippen molar-refractivity contribution < 1.29 is 18.7 Å². The Kier molecular flexibility index (Phi) is 3.97. The van der Waals surface area contributed by atoms with Gasteiger partial charge in [-0.25, -0.2) is 8.78 Å². The molecule has 1 fully saturated rings. The van der Waals surface area contributed by atoms with Crippen molar-refractivity contribution >= 4 is 29.1 Å². The normalized spacial score (nSPS) is 25.1. The highest BCUT2D eigenvalue weighted by Crippen LogP contribution is 2.63. The molecule has 0 saturated heterocycles. The van der Waals surface area contributed by atoms with Gasteiger partial charge in [0.1, 0.15) is 22.1 Å². The maximum atomic E-state index is 13.4. The average Bonchev–Trinajstić information content (AvgIpc) is 2.86. The molecule has 2 unspecified atom stereocenters. The van der Waals surface area contributed by atoms with Crippen molar-refractivity contribution in [3.8, 4) is 0 Å². The summed E-state index contributed by atoms with van der Waals surface area (Å²) in [5.41, 5.74) is -1.42. The molecule has 0 spiro atoms. The lowest BCUT2D eigenvalue weighted by Crippen LogP contribution is -2.36. The van der Waals surface area contributed by atoms with Crippen LogP contribution in [0.2, 0.25) is 0 Å². The lowest BCUT2D eigenvalue weighted by Gasteiger charge is -2.16. The molecule has 0 aliphatic heterocycles. The first kappa shape index (κ1) is 15.5. The van der Waals surface area contributed by atoms with Crippen LogP contribution in [0.5, 0.6) is 0 Å². The molecule has 1 amide bonds. The Bertz CT molecular complexity index is 533. The van der Waals surface area contributed by atoms with Gasteiger partial charge in [-0.15, -0.1) is 23.2 Å². The predicted molar refractivity (Wildman–Crippen MR) is 71.5 cm³/mol. The van der Waals surface area contributed by atoms with E-state index in [1.54, 1.807) is 6.92 Å². The van der Waals surface area contributed by atoms with Crippen molar-refractivity contribution in [3.05, 3.63) is 35.4 Å². The third-order valence-electron chi connectivity index (χ3n) is 3.55. The van der Waals surface area contributed by atoms with E-state index in [-0.39, 0.29) is 6.54 Å². The molecule has 0 bridgehead atoms. The summed E-state index contributed by atoms with van der Waals surface area (Å²) in [4.78, 5) is 11.9. The number of benzene rings is 1. The summed E-state index contributed by atoms with van der Waals surface area (Å²) in [6, 6.07) is 3.27. The zero-order chi connectivity index (χ0) is 15.1. The molecular formula is C13H13Cl2F2NO2. The molecule has 3 nitrogen and oxygen atoms in total. The van der Waals surface area contributed by atoms with Crippen LogP contribution in [0.4, 0.5) is 8.78 Å². The number of nitrogens with one attached hydrogen (secondary N) is 1. The van der Waals surface area contributed by atoms with Crippen LogP contribution in [0.1, 0.15) is 25.0 Å². The van der Waals surface area contributed by atoms with Gasteiger partial charge >= 0.3 is 0 Å². The molecule has 2 N–H and O–H groups in total. The second-order valence-electron chi connectivity index (χ2n) is 5.07. The number of aliphatic hydroxyl groups excluding tert-OH is 1. The lowest BCUT2D eigenvalue weighted by molar-refractivity contribution is -0.126. The monoisotopic (exact) mass is 323 g/mol. The standard InChI is InChI=1S/C13H13Cl2F2NO2/c1-12(6-13(12,14)15)11(20)18-5-9(19)10-7(16)3-2-4-8(10)17/h2-4,9,19H,5-6H2,1H3,(H,18,20). The van der Waals surface area contributed by atoms with E-state index in [0.29, 0.717) is 6.42 Å². The zero-order valence-corrected chi connectivity index (χ0v) is 12.1. The van der Waals surface area contributed by atoms with Gasteiger partial charge in [-0.3, -0.25) is 4.79 Å². The number of alkyl halides is 2. The molecule has 7 heteroatoms. The van der Waals surface area contributed by atoms with E-state index in [4.69, 9.17) is 23.2 Å². The van der Waals surface area contributed by atoms with Crippen LogP contribution in [-0.4, -0.2) is 21.9 Å². The third-order valence-corrected chi connectivity index (χ3v) is 4.65. The van der Waals surface area contributed by atoms with Gasteiger partial charge in [0.15, 0.2) is 0 Å². The van der Waals surface area contributed by atoms with E-state index in [0.717, 1.165) is 12.1 Å². The molecule has 1 aliphatic rings. The van der Waals surface area contributed by atoms with Crippen LogP contribution in [-0.2, 0) is 4.79 Å². The first-order valence-electron chi connectivity index (χ1n) is 5.97. The van der Waals surface area contributed by atoms with Gasteiger partial charge in [0.25, 0.3) is 0 Å². The molecule has 1 aliphatic carbocycles. The second kappa shape index (κ2) is 5.13. The van der Waals surface area contributed by atoms with Crippen LogP contribution in [0.25, 0.3) is 0 Å². The van der Waals surface area contributed by atoms with Gasteiger partial charge in [0.05, 0.1) is 11.0 Å². The molecule has 0 radical (unpaired) electrons. The molecular weight excluding hydrogens is 311 g/mol. The fourth-order valence-electron chi connectivity index (χ4n) is 1.96. The largest absolute Gasteiger partial charge is 0.386 e. The number of hydrogen-bond donors (Lipinski definition) is 2. The highest BCUT2D eigenvalue weighted by Gasteiger charge is 2.67. The van der Waals surface area contributed by atoms with E-state index in [1.165, 1.54) is 6.07 Å². The minimum absolute atomic E-state index is 0.291. The van der Waals surface area contributed by atoms with Crippen molar-refractivity contribution in [3.63, 3.8) is 0 Å². The first-order chi connectivity index (χ1) is 9.19. The average molecular weight is 324 g/mol. The van der Waals surface area contributed by atoms with Gasteiger partial charge in [0, 0.05) is 6.54 Å². The maximum absolute atomic E-state index is 13.4.